The maximum absolute atomic E-state index is 11.9. The summed E-state index contributed by atoms with van der Waals surface area (Å²) in [6.07, 6.45) is 0. The van der Waals surface area contributed by atoms with Gasteiger partial charge in [0.2, 0.25) is 0 Å². The lowest BCUT2D eigenvalue weighted by Gasteiger charge is -2.16. The fourth-order valence-electron chi connectivity index (χ4n) is 1.43. The number of aromatic amines is 1. The van der Waals surface area contributed by atoms with E-state index in [0.29, 0.717) is 5.69 Å². The number of H-pyrrole nitrogens is 1. The van der Waals surface area contributed by atoms with E-state index in [0.717, 1.165) is 30.3 Å². The second-order valence-electron chi connectivity index (χ2n) is 3.39. The van der Waals surface area contributed by atoms with Crippen molar-refractivity contribution < 1.29 is 4.79 Å². The van der Waals surface area contributed by atoms with Gasteiger partial charge >= 0.3 is 0 Å². The van der Waals surface area contributed by atoms with Gasteiger partial charge in [0.1, 0.15) is 5.69 Å². The largest absolute Gasteiger partial charge is 0.338 e. The van der Waals surface area contributed by atoms with Gasteiger partial charge in [-0.25, -0.2) is 0 Å². The summed E-state index contributed by atoms with van der Waals surface area (Å²) >= 11 is 1.81. The van der Waals surface area contributed by atoms with Crippen LogP contribution >= 0.6 is 11.8 Å². The van der Waals surface area contributed by atoms with Crippen LogP contribution in [0.25, 0.3) is 0 Å². The maximum Gasteiger partial charge on any atom is 0.274 e. The van der Waals surface area contributed by atoms with Crippen molar-refractivity contribution in [3.05, 3.63) is 17.5 Å². The summed E-state index contributed by atoms with van der Waals surface area (Å²) in [7, 11) is 0. The Bertz CT molecular complexity index is 334. The Morgan fingerprint density at radius 1 is 1.44 bits per heavy atom. The summed E-state index contributed by atoms with van der Waals surface area (Å²) in [6, 6.07) is 1.85. The molecule has 0 atom stereocenters. The molecule has 0 aromatic carbocycles. The molecular weight excluding hydrogens is 222 g/mol. The molecule has 0 saturated carbocycles. The molecule has 0 saturated heterocycles. The van der Waals surface area contributed by atoms with Gasteiger partial charge in [0, 0.05) is 24.5 Å². The molecule has 0 aliphatic rings. The van der Waals surface area contributed by atoms with E-state index in [1.165, 1.54) is 0 Å². The molecule has 1 N–H and O–H groups in total. The highest BCUT2D eigenvalue weighted by Gasteiger charge is 2.15. The average Bonchev–Trinajstić information content (AvgIpc) is 2.76. The third kappa shape index (κ3) is 3.27. The third-order valence-electron chi connectivity index (χ3n) is 2.36. The number of nitrogens with one attached hydrogen (secondary N) is 1. The van der Waals surface area contributed by atoms with Crippen LogP contribution in [-0.2, 0) is 5.75 Å². The van der Waals surface area contributed by atoms with Crippen LogP contribution in [0.3, 0.4) is 0 Å². The minimum absolute atomic E-state index is 0.00833. The summed E-state index contributed by atoms with van der Waals surface area (Å²) in [5.41, 5.74) is 1.54. The van der Waals surface area contributed by atoms with Crippen molar-refractivity contribution in [2.45, 2.75) is 26.5 Å². The third-order valence-corrected chi connectivity index (χ3v) is 3.29. The van der Waals surface area contributed by atoms with Gasteiger partial charge in [-0.15, -0.1) is 0 Å². The molecule has 0 bridgehead atoms. The Kier molecular flexibility index (Phi) is 5.38. The maximum atomic E-state index is 11.9. The molecule has 16 heavy (non-hydrogen) atoms. The van der Waals surface area contributed by atoms with Gasteiger partial charge in [0.15, 0.2) is 0 Å². The second kappa shape index (κ2) is 6.58. The molecule has 0 aliphatic heterocycles. The number of carbonyl (C=O) groups excluding carboxylic acids is 1. The van der Waals surface area contributed by atoms with Crippen LogP contribution in [0.5, 0.6) is 0 Å². The second-order valence-corrected chi connectivity index (χ2v) is 4.67. The number of hydrogen-bond donors (Lipinski definition) is 1. The number of nitrogens with zero attached hydrogens (tertiary/aromatic N) is 2. The Morgan fingerprint density at radius 2 is 2.12 bits per heavy atom. The van der Waals surface area contributed by atoms with Crippen LogP contribution in [-0.4, -0.2) is 39.8 Å². The monoisotopic (exact) mass is 241 g/mol. The molecule has 1 heterocycles. The number of rotatable bonds is 6. The molecule has 0 aliphatic carbocycles. The van der Waals surface area contributed by atoms with Gasteiger partial charge in [-0.1, -0.05) is 6.92 Å². The highest BCUT2D eigenvalue weighted by atomic mass is 32.2. The lowest BCUT2D eigenvalue weighted by Crippen LogP contribution is -2.30. The van der Waals surface area contributed by atoms with Crippen LogP contribution in [0, 0.1) is 0 Å². The zero-order chi connectivity index (χ0) is 12.0. The minimum Gasteiger partial charge on any atom is -0.338 e. The number of aromatic nitrogens is 2. The Morgan fingerprint density at radius 3 is 2.69 bits per heavy atom. The first-order valence-electron chi connectivity index (χ1n) is 5.64. The van der Waals surface area contributed by atoms with E-state index in [-0.39, 0.29) is 5.91 Å². The van der Waals surface area contributed by atoms with Crippen molar-refractivity contribution in [3.8, 4) is 0 Å². The molecule has 5 heteroatoms. The van der Waals surface area contributed by atoms with E-state index in [1.54, 1.807) is 4.90 Å². The number of thioether (sulfide) groups is 1. The molecule has 0 radical (unpaired) electrons. The molecule has 0 fully saturated rings. The van der Waals surface area contributed by atoms with Crippen LogP contribution < -0.4 is 0 Å². The van der Waals surface area contributed by atoms with Crippen molar-refractivity contribution in [1.82, 2.24) is 15.1 Å². The Balaban J connectivity index is 2.65. The van der Waals surface area contributed by atoms with Gasteiger partial charge < -0.3 is 4.90 Å². The first-order valence-corrected chi connectivity index (χ1v) is 6.79. The number of amides is 1. The van der Waals surface area contributed by atoms with E-state index in [1.807, 2.05) is 31.7 Å². The summed E-state index contributed by atoms with van der Waals surface area (Å²) in [5, 5.41) is 6.96. The summed E-state index contributed by atoms with van der Waals surface area (Å²) in [4.78, 5) is 13.7. The van der Waals surface area contributed by atoms with Crippen LogP contribution in [0.1, 0.15) is 37.0 Å². The van der Waals surface area contributed by atoms with Gasteiger partial charge in [-0.3, -0.25) is 9.89 Å². The lowest BCUT2D eigenvalue weighted by atomic mass is 10.3. The zero-order valence-corrected chi connectivity index (χ0v) is 10.9. The van der Waals surface area contributed by atoms with Gasteiger partial charge in [0.25, 0.3) is 5.91 Å². The molecule has 1 rings (SSSR count). The molecule has 4 nitrogen and oxygen atoms in total. The van der Waals surface area contributed by atoms with Gasteiger partial charge in [-0.2, -0.15) is 16.9 Å². The minimum atomic E-state index is 0.00833. The van der Waals surface area contributed by atoms with Crippen molar-refractivity contribution >= 4 is 17.7 Å². The van der Waals surface area contributed by atoms with Crippen LogP contribution in [0.15, 0.2) is 6.07 Å². The van der Waals surface area contributed by atoms with Crippen molar-refractivity contribution in [1.29, 1.82) is 0 Å². The van der Waals surface area contributed by atoms with E-state index >= 15 is 0 Å². The number of carbonyl (C=O) groups is 1. The molecule has 1 aromatic heterocycles. The van der Waals surface area contributed by atoms with Gasteiger partial charge in [-0.05, 0) is 25.7 Å². The predicted octanol–water partition coefficient (Wildman–Crippen LogP) is 2.14. The molecule has 90 valence electrons. The van der Waals surface area contributed by atoms with Gasteiger partial charge in [0.05, 0.1) is 0 Å². The van der Waals surface area contributed by atoms with Crippen molar-refractivity contribution in [2.75, 3.05) is 18.8 Å². The fourth-order valence-corrected chi connectivity index (χ4v) is 2.00. The molecule has 1 aromatic rings. The van der Waals surface area contributed by atoms with E-state index in [2.05, 4.69) is 17.1 Å². The fraction of sp³-hybridized carbons (Fsp3) is 0.636. The predicted molar refractivity (Wildman–Crippen MR) is 67.7 cm³/mol. The molecule has 0 unspecified atom stereocenters. The molecule has 0 spiro atoms. The highest BCUT2D eigenvalue weighted by molar-refractivity contribution is 7.98. The van der Waals surface area contributed by atoms with E-state index < -0.39 is 0 Å². The zero-order valence-electron chi connectivity index (χ0n) is 10.1. The first-order chi connectivity index (χ1) is 7.72. The highest BCUT2D eigenvalue weighted by Crippen LogP contribution is 2.11. The van der Waals surface area contributed by atoms with Crippen molar-refractivity contribution in [2.24, 2.45) is 0 Å². The first kappa shape index (κ1) is 13.1. The summed E-state index contributed by atoms with van der Waals surface area (Å²) in [6.45, 7) is 7.51. The van der Waals surface area contributed by atoms with E-state index in [4.69, 9.17) is 0 Å². The summed E-state index contributed by atoms with van der Waals surface area (Å²) < 4.78 is 0. The topological polar surface area (TPSA) is 49.0 Å². The Hall–Kier alpha value is -0.970. The average molecular weight is 241 g/mol. The molecule has 1 amide bonds. The number of hydrogen-bond acceptors (Lipinski definition) is 3. The standard InChI is InChI=1S/C11H19N3OS/c1-4-14(5-2)11(15)10-7-9(12-13-10)8-16-6-3/h7H,4-6,8H2,1-3H3,(H,12,13). The van der Waals surface area contributed by atoms with Crippen LogP contribution in [0.2, 0.25) is 0 Å². The normalized spacial score (nSPS) is 10.4. The lowest BCUT2D eigenvalue weighted by molar-refractivity contribution is 0.0767. The quantitative estimate of drug-likeness (QED) is 0.830. The summed E-state index contributed by atoms with van der Waals surface area (Å²) in [5.74, 6) is 1.96. The smallest absolute Gasteiger partial charge is 0.274 e. The van der Waals surface area contributed by atoms with E-state index in [9.17, 15) is 4.79 Å². The van der Waals surface area contributed by atoms with Crippen molar-refractivity contribution in [3.63, 3.8) is 0 Å². The SMILES string of the molecule is CCSCc1cc(C(=O)N(CC)CC)n[nH]1. The van der Waals surface area contributed by atoms with Crippen LogP contribution in [0.4, 0.5) is 0 Å². The molecular formula is C11H19N3OS. The Labute approximate surface area is 101 Å².